The highest BCUT2D eigenvalue weighted by Crippen LogP contribution is 2.19. The molecule has 0 aliphatic carbocycles. The molecule has 0 aromatic carbocycles. The van der Waals surface area contributed by atoms with E-state index in [4.69, 9.17) is 10.1 Å². The molecular formula is C29H43N6O+. The quantitative estimate of drug-likeness (QED) is 0.169. The van der Waals surface area contributed by atoms with E-state index in [1.807, 2.05) is 10.9 Å². The van der Waals surface area contributed by atoms with E-state index in [0.29, 0.717) is 25.3 Å². The minimum atomic E-state index is 0.423. The van der Waals surface area contributed by atoms with Crippen molar-refractivity contribution >= 4 is 17.0 Å². The van der Waals surface area contributed by atoms with Crippen molar-refractivity contribution in [2.24, 2.45) is 0 Å². The lowest BCUT2D eigenvalue weighted by Gasteiger charge is -2.04. The second kappa shape index (κ2) is 15.7. The third-order valence-electron chi connectivity index (χ3n) is 6.09. The van der Waals surface area contributed by atoms with Crippen LogP contribution in [0.4, 0.5) is 5.82 Å². The van der Waals surface area contributed by atoms with Gasteiger partial charge in [0.25, 0.3) is 0 Å². The zero-order valence-corrected chi connectivity index (χ0v) is 23.0. The summed E-state index contributed by atoms with van der Waals surface area (Å²) in [5.74, 6) is 0.615. The highest BCUT2D eigenvalue weighted by atomic mass is 16.6. The van der Waals surface area contributed by atoms with Gasteiger partial charge in [-0.1, -0.05) is 51.6 Å². The van der Waals surface area contributed by atoms with Crippen LogP contribution in [0.5, 0.6) is 0 Å². The van der Waals surface area contributed by atoms with Gasteiger partial charge in [0.05, 0.1) is 32.7 Å². The van der Waals surface area contributed by atoms with Gasteiger partial charge >= 0.3 is 5.65 Å². The summed E-state index contributed by atoms with van der Waals surface area (Å²) in [4.78, 5) is 13.9. The Morgan fingerprint density at radius 1 is 0.972 bits per heavy atom. The Kier molecular flexibility index (Phi) is 12.6. The lowest BCUT2D eigenvalue weighted by atomic mass is 10.0. The fourth-order valence-corrected chi connectivity index (χ4v) is 4.01. The van der Waals surface area contributed by atoms with Crippen molar-refractivity contribution in [1.29, 1.82) is 5.26 Å². The maximum atomic E-state index is 9.01. The summed E-state index contributed by atoms with van der Waals surface area (Å²) in [7, 11) is 1.56. The SMILES string of the molecule is CONc1ncnc2c1n(C/C=C(\C)CC/C=C(\C)CC/C=C(\C)CCC=C(C)C)c[n+]2CCC#N. The van der Waals surface area contributed by atoms with Crippen LogP contribution < -0.4 is 10.0 Å². The third kappa shape index (κ3) is 9.79. The Hall–Kier alpha value is -3.24. The van der Waals surface area contributed by atoms with Crippen LogP contribution in [0.15, 0.2) is 59.3 Å². The average Bonchev–Trinajstić information content (AvgIpc) is 3.20. The number of fused-ring (bicyclic) bond motifs is 1. The number of hydrogen-bond donors (Lipinski definition) is 1. The molecule has 0 spiro atoms. The minimum absolute atomic E-state index is 0.423. The van der Waals surface area contributed by atoms with Crippen molar-refractivity contribution in [2.45, 2.75) is 92.7 Å². The number of nitriles is 1. The van der Waals surface area contributed by atoms with Gasteiger partial charge in [0.1, 0.15) is 0 Å². The number of imidazole rings is 1. The molecule has 0 saturated carbocycles. The molecule has 0 amide bonds. The molecule has 2 rings (SSSR count). The zero-order valence-electron chi connectivity index (χ0n) is 23.0. The number of anilines is 1. The summed E-state index contributed by atoms with van der Waals surface area (Å²) < 4.78 is 4.10. The number of nitrogens with one attached hydrogen (secondary N) is 1. The van der Waals surface area contributed by atoms with Crippen LogP contribution in [-0.4, -0.2) is 21.6 Å². The molecule has 7 heteroatoms. The molecule has 194 valence electrons. The van der Waals surface area contributed by atoms with Gasteiger partial charge in [-0.3, -0.25) is 9.40 Å². The maximum Gasteiger partial charge on any atom is 0.307 e. The monoisotopic (exact) mass is 491 g/mol. The summed E-state index contributed by atoms with van der Waals surface area (Å²) in [5.41, 5.74) is 10.2. The van der Waals surface area contributed by atoms with Crippen LogP contribution in [0.1, 0.15) is 79.6 Å². The Morgan fingerprint density at radius 3 is 2.17 bits per heavy atom. The van der Waals surface area contributed by atoms with Crippen LogP contribution in [-0.2, 0) is 17.9 Å². The van der Waals surface area contributed by atoms with E-state index in [0.717, 1.165) is 49.7 Å². The van der Waals surface area contributed by atoms with Gasteiger partial charge in [-0.25, -0.2) is 10.0 Å². The van der Waals surface area contributed by atoms with Gasteiger partial charge < -0.3 is 0 Å². The summed E-state index contributed by atoms with van der Waals surface area (Å²) in [5, 5.41) is 9.01. The lowest BCUT2D eigenvalue weighted by molar-refractivity contribution is -0.672. The molecule has 0 fully saturated rings. The van der Waals surface area contributed by atoms with Gasteiger partial charge in [0.15, 0.2) is 18.5 Å². The minimum Gasteiger partial charge on any atom is -0.278 e. The van der Waals surface area contributed by atoms with Gasteiger partial charge in [-0.15, -0.1) is 0 Å². The summed E-state index contributed by atoms with van der Waals surface area (Å²) in [6, 6.07) is 2.21. The summed E-state index contributed by atoms with van der Waals surface area (Å²) >= 11 is 0. The molecule has 0 unspecified atom stereocenters. The van der Waals surface area contributed by atoms with Crippen LogP contribution in [0.25, 0.3) is 11.2 Å². The topological polar surface area (TPSA) is 79.6 Å². The van der Waals surface area contributed by atoms with E-state index >= 15 is 0 Å². The van der Waals surface area contributed by atoms with E-state index in [2.05, 4.69) is 85.0 Å². The molecule has 1 N–H and O–H groups in total. The van der Waals surface area contributed by atoms with Crippen molar-refractivity contribution < 1.29 is 9.40 Å². The normalized spacial score (nSPS) is 12.6. The van der Waals surface area contributed by atoms with E-state index < -0.39 is 0 Å². The van der Waals surface area contributed by atoms with E-state index in [1.54, 1.807) is 7.11 Å². The Labute approximate surface area is 216 Å². The Morgan fingerprint density at radius 2 is 1.58 bits per heavy atom. The van der Waals surface area contributed by atoms with Crippen LogP contribution in [0.3, 0.4) is 0 Å². The van der Waals surface area contributed by atoms with Crippen molar-refractivity contribution in [1.82, 2.24) is 14.5 Å². The molecule has 0 radical (unpaired) electrons. The number of rotatable bonds is 15. The van der Waals surface area contributed by atoms with E-state index in [1.165, 1.54) is 28.6 Å². The molecule has 7 nitrogen and oxygen atoms in total. The average molecular weight is 492 g/mol. The Bertz CT molecular complexity index is 1140. The molecule has 0 atom stereocenters. The van der Waals surface area contributed by atoms with Crippen molar-refractivity contribution in [3.63, 3.8) is 0 Å². The van der Waals surface area contributed by atoms with E-state index in [-0.39, 0.29) is 0 Å². The first-order valence-electron chi connectivity index (χ1n) is 12.8. The molecule has 36 heavy (non-hydrogen) atoms. The van der Waals surface area contributed by atoms with Gasteiger partial charge in [-0.05, 0) is 73.1 Å². The number of hydrogen-bond acceptors (Lipinski definition) is 5. The predicted octanol–water partition coefficient (Wildman–Crippen LogP) is 6.75. The predicted molar refractivity (Wildman–Crippen MR) is 147 cm³/mol. The molecule has 0 aliphatic rings. The molecule has 0 bridgehead atoms. The number of aryl methyl sites for hydroxylation is 1. The second-order valence-corrected chi connectivity index (χ2v) is 9.62. The van der Waals surface area contributed by atoms with Gasteiger partial charge in [0, 0.05) is 0 Å². The number of nitrogens with zero attached hydrogens (tertiary/aromatic N) is 5. The van der Waals surface area contributed by atoms with Crippen LogP contribution in [0.2, 0.25) is 0 Å². The molecule has 2 aromatic heterocycles. The largest absolute Gasteiger partial charge is 0.307 e. The van der Waals surface area contributed by atoms with Crippen molar-refractivity contribution in [3.8, 4) is 6.07 Å². The molecule has 2 heterocycles. The second-order valence-electron chi connectivity index (χ2n) is 9.62. The molecule has 0 saturated heterocycles. The number of aromatic nitrogens is 4. The smallest absolute Gasteiger partial charge is 0.278 e. The molecular weight excluding hydrogens is 448 g/mol. The first kappa shape index (κ1) is 29.0. The van der Waals surface area contributed by atoms with Crippen LogP contribution in [0, 0.1) is 11.3 Å². The molecule has 2 aromatic rings. The van der Waals surface area contributed by atoms with Gasteiger partial charge in [-0.2, -0.15) is 10.2 Å². The maximum absolute atomic E-state index is 9.01. The fourth-order valence-electron chi connectivity index (χ4n) is 4.01. The highest BCUT2D eigenvalue weighted by Gasteiger charge is 2.20. The number of allylic oxidation sites excluding steroid dienone is 8. The first-order valence-corrected chi connectivity index (χ1v) is 12.8. The first-order chi connectivity index (χ1) is 17.3. The Balaban J connectivity index is 1.94. The van der Waals surface area contributed by atoms with Crippen molar-refractivity contribution in [3.05, 3.63) is 59.3 Å². The summed E-state index contributed by atoms with van der Waals surface area (Å²) in [6.07, 6.45) is 19.9. The van der Waals surface area contributed by atoms with Crippen molar-refractivity contribution in [2.75, 3.05) is 12.6 Å². The lowest BCUT2D eigenvalue weighted by Crippen LogP contribution is -2.32. The molecule has 0 aliphatic heterocycles. The van der Waals surface area contributed by atoms with Crippen LogP contribution >= 0.6 is 0 Å². The van der Waals surface area contributed by atoms with Gasteiger partial charge in [0.2, 0.25) is 5.52 Å². The highest BCUT2D eigenvalue weighted by molar-refractivity contribution is 5.80. The standard InChI is InChI=1S/C29H43N6O/c1-23(2)11-7-12-24(3)13-8-14-25(4)15-9-16-26(5)17-20-34-22-35(19-10-18-30)29-27(34)28(33-36-6)31-21-32-29/h11,13,15,17,21-22H,7-10,12,14,16,19-20H2,1-6H3,(H,31,32,33)/q+1/b24-13+,25-15+,26-17+. The fraction of sp³-hybridized carbons (Fsp3) is 0.517. The third-order valence-corrected chi connectivity index (χ3v) is 6.09. The van der Waals surface area contributed by atoms with E-state index in [9.17, 15) is 0 Å². The zero-order chi connectivity index (χ0) is 26.3. The summed E-state index contributed by atoms with van der Waals surface area (Å²) in [6.45, 7) is 12.3.